The molecule has 0 radical (unpaired) electrons. The van der Waals surface area contributed by atoms with Crippen LogP contribution in [0.3, 0.4) is 0 Å². The molecule has 70 valence electrons. The molecule has 0 fully saturated rings. The van der Waals surface area contributed by atoms with Gasteiger partial charge in [0.1, 0.15) is 0 Å². The van der Waals surface area contributed by atoms with E-state index in [1.54, 1.807) is 0 Å². The summed E-state index contributed by atoms with van der Waals surface area (Å²) in [7, 11) is 0. The zero-order chi connectivity index (χ0) is 9.84. The molecule has 0 aromatic heterocycles. The summed E-state index contributed by atoms with van der Waals surface area (Å²) in [5.74, 6) is 0.663. The average molecular weight is 193 g/mol. The topological polar surface area (TPSA) is 26.0 Å². The molecule has 0 amide bonds. The number of nitrogens with two attached hydrogens (primary N) is 1. The molecule has 1 aromatic carbocycles. The number of hydrogen-bond donors (Lipinski definition) is 1. The van der Waals surface area contributed by atoms with Crippen LogP contribution < -0.4 is 5.73 Å². The van der Waals surface area contributed by atoms with Crippen molar-refractivity contribution in [2.24, 2.45) is 11.7 Å². The van der Waals surface area contributed by atoms with Gasteiger partial charge in [0, 0.05) is 5.92 Å². The van der Waals surface area contributed by atoms with E-state index in [9.17, 15) is 0 Å². The summed E-state index contributed by atoms with van der Waals surface area (Å²) < 4.78 is 0. The monoisotopic (exact) mass is 193 g/mol. The Labute approximate surface area is 85.0 Å². The molecular formula is C11H15NS. The van der Waals surface area contributed by atoms with E-state index in [4.69, 9.17) is 18.0 Å². The molecule has 1 nitrogen and oxygen atoms in total. The summed E-state index contributed by atoms with van der Waals surface area (Å²) in [4.78, 5) is 0.584. The lowest BCUT2D eigenvalue weighted by Gasteiger charge is -2.19. The molecule has 1 rings (SSSR count). The van der Waals surface area contributed by atoms with Gasteiger partial charge in [0.15, 0.2) is 0 Å². The predicted octanol–water partition coefficient (Wildman–Crippen LogP) is 2.71. The maximum atomic E-state index is 5.70. The molecule has 0 aliphatic rings. The van der Waals surface area contributed by atoms with E-state index >= 15 is 0 Å². The second-order valence-corrected chi connectivity index (χ2v) is 4.01. The maximum Gasteiger partial charge on any atom is 0.0805 e. The lowest BCUT2D eigenvalue weighted by molar-refractivity contribution is 0.604. The van der Waals surface area contributed by atoms with Crippen molar-refractivity contribution in [3.63, 3.8) is 0 Å². The van der Waals surface area contributed by atoms with Crippen LogP contribution in [0.2, 0.25) is 0 Å². The zero-order valence-corrected chi connectivity index (χ0v) is 8.84. The minimum atomic E-state index is 0.205. The van der Waals surface area contributed by atoms with Crippen LogP contribution in [0, 0.1) is 5.92 Å². The van der Waals surface area contributed by atoms with E-state index in [2.05, 4.69) is 26.0 Å². The fraction of sp³-hybridized carbons (Fsp3) is 0.364. The van der Waals surface area contributed by atoms with Crippen LogP contribution in [-0.2, 0) is 0 Å². The standard InChI is InChI=1S/C11H15NS/c1-8(2)10(11(12)13)9-6-4-3-5-7-9/h3-8,10H,1-2H3,(H2,12,13). The zero-order valence-electron chi connectivity index (χ0n) is 8.03. The normalized spacial score (nSPS) is 12.8. The first-order valence-corrected chi connectivity index (χ1v) is 4.88. The number of hydrogen-bond acceptors (Lipinski definition) is 1. The Morgan fingerprint density at radius 2 is 1.77 bits per heavy atom. The number of benzene rings is 1. The Morgan fingerprint density at radius 3 is 2.15 bits per heavy atom. The highest BCUT2D eigenvalue weighted by atomic mass is 32.1. The highest BCUT2D eigenvalue weighted by Gasteiger charge is 2.17. The van der Waals surface area contributed by atoms with Gasteiger partial charge in [0.25, 0.3) is 0 Å². The van der Waals surface area contributed by atoms with Crippen molar-refractivity contribution in [1.82, 2.24) is 0 Å². The molecule has 0 aliphatic heterocycles. The summed E-state index contributed by atoms with van der Waals surface area (Å²) in [5, 5.41) is 0. The molecule has 0 aliphatic carbocycles. The Balaban J connectivity index is 2.96. The number of thiocarbonyl (C=S) groups is 1. The van der Waals surface area contributed by atoms with Crippen molar-refractivity contribution >= 4 is 17.2 Å². The Kier molecular flexibility index (Phi) is 3.43. The molecule has 0 spiro atoms. The molecular weight excluding hydrogens is 178 g/mol. The van der Waals surface area contributed by atoms with Gasteiger partial charge in [-0.2, -0.15) is 0 Å². The van der Waals surface area contributed by atoms with E-state index in [-0.39, 0.29) is 5.92 Å². The van der Waals surface area contributed by atoms with Crippen LogP contribution in [0.5, 0.6) is 0 Å². The van der Waals surface area contributed by atoms with E-state index < -0.39 is 0 Å². The van der Waals surface area contributed by atoms with Crippen molar-refractivity contribution in [2.75, 3.05) is 0 Å². The van der Waals surface area contributed by atoms with Crippen molar-refractivity contribution < 1.29 is 0 Å². The summed E-state index contributed by atoms with van der Waals surface area (Å²) in [6.45, 7) is 4.27. The molecule has 0 saturated heterocycles. The maximum absolute atomic E-state index is 5.70. The van der Waals surface area contributed by atoms with E-state index in [0.29, 0.717) is 10.9 Å². The van der Waals surface area contributed by atoms with Gasteiger partial charge in [-0.05, 0) is 11.5 Å². The second kappa shape index (κ2) is 4.38. The molecule has 2 heteroatoms. The quantitative estimate of drug-likeness (QED) is 0.747. The predicted molar refractivity (Wildman–Crippen MR) is 60.8 cm³/mol. The summed E-state index contributed by atoms with van der Waals surface area (Å²) in [6, 6.07) is 10.2. The largest absolute Gasteiger partial charge is 0.393 e. The van der Waals surface area contributed by atoms with E-state index in [1.807, 2.05) is 18.2 Å². The van der Waals surface area contributed by atoms with Crippen LogP contribution in [-0.4, -0.2) is 4.99 Å². The molecule has 2 N–H and O–H groups in total. The van der Waals surface area contributed by atoms with Crippen LogP contribution in [0.15, 0.2) is 30.3 Å². The lowest BCUT2D eigenvalue weighted by atomic mass is 9.88. The minimum absolute atomic E-state index is 0.205. The van der Waals surface area contributed by atoms with Crippen LogP contribution in [0.1, 0.15) is 25.3 Å². The third-order valence-electron chi connectivity index (χ3n) is 2.13. The van der Waals surface area contributed by atoms with Gasteiger partial charge in [0.2, 0.25) is 0 Å². The van der Waals surface area contributed by atoms with E-state index in [0.717, 1.165) is 0 Å². The first kappa shape index (κ1) is 10.2. The van der Waals surface area contributed by atoms with Gasteiger partial charge in [-0.3, -0.25) is 0 Å². The third kappa shape index (κ3) is 2.52. The van der Waals surface area contributed by atoms with Gasteiger partial charge in [0.05, 0.1) is 4.99 Å². The summed E-state index contributed by atoms with van der Waals surface area (Å²) in [5.41, 5.74) is 6.91. The van der Waals surface area contributed by atoms with Crippen molar-refractivity contribution in [3.8, 4) is 0 Å². The molecule has 0 saturated carbocycles. The van der Waals surface area contributed by atoms with Crippen LogP contribution in [0.4, 0.5) is 0 Å². The van der Waals surface area contributed by atoms with Crippen molar-refractivity contribution in [2.45, 2.75) is 19.8 Å². The smallest absolute Gasteiger partial charge is 0.0805 e. The fourth-order valence-electron chi connectivity index (χ4n) is 1.54. The third-order valence-corrected chi connectivity index (χ3v) is 2.39. The minimum Gasteiger partial charge on any atom is -0.393 e. The Morgan fingerprint density at radius 1 is 1.23 bits per heavy atom. The highest BCUT2D eigenvalue weighted by molar-refractivity contribution is 7.80. The van der Waals surface area contributed by atoms with Crippen molar-refractivity contribution in [1.29, 1.82) is 0 Å². The molecule has 1 atom stereocenters. The first-order valence-electron chi connectivity index (χ1n) is 4.47. The second-order valence-electron chi connectivity index (χ2n) is 3.53. The van der Waals surface area contributed by atoms with Gasteiger partial charge in [-0.1, -0.05) is 56.4 Å². The van der Waals surface area contributed by atoms with Crippen LogP contribution >= 0.6 is 12.2 Å². The Hall–Kier alpha value is -0.890. The molecule has 1 aromatic rings. The summed E-state index contributed by atoms with van der Waals surface area (Å²) in [6.07, 6.45) is 0. The lowest BCUT2D eigenvalue weighted by Crippen LogP contribution is -2.23. The highest BCUT2D eigenvalue weighted by Crippen LogP contribution is 2.24. The molecule has 0 bridgehead atoms. The molecule has 0 heterocycles. The van der Waals surface area contributed by atoms with Gasteiger partial charge < -0.3 is 5.73 Å². The van der Waals surface area contributed by atoms with Gasteiger partial charge >= 0.3 is 0 Å². The molecule has 13 heavy (non-hydrogen) atoms. The summed E-state index contributed by atoms with van der Waals surface area (Å²) >= 11 is 5.05. The van der Waals surface area contributed by atoms with Crippen molar-refractivity contribution in [3.05, 3.63) is 35.9 Å². The average Bonchev–Trinajstić information content (AvgIpc) is 2.04. The number of rotatable bonds is 3. The van der Waals surface area contributed by atoms with E-state index in [1.165, 1.54) is 5.56 Å². The Bertz CT molecular complexity index is 279. The first-order chi connectivity index (χ1) is 6.13. The SMILES string of the molecule is CC(C)C(C(N)=S)c1ccccc1. The van der Waals surface area contributed by atoms with Gasteiger partial charge in [-0.15, -0.1) is 0 Å². The van der Waals surface area contributed by atoms with Gasteiger partial charge in [-0.25, -0.2) is 0 Å². The van der Waals surface area contributed by atoms with Crippen LogP contribution in [0.25, 0.3) is 0 Å². The fourth-order valence-corrected chi connectivity index (χ4v) is 1.95. The molecule has 1 unspecified atom stereocenters.